The predicted octanol–water partition coefficient (Wildman–Crippen LogP) is 1.63. The molecule has 0 atom stereocenters. The minimum absolute atomic E-state index is 0.164. The van der Waals surface area contributed by atoms with Crippen LogP contribution in [0.3, 0.4) is 0 Å². The Hall–Kier alpha value is -1.86. The predicted molar refractivity (Wildman–Crippen MR) is 48.0 cm³/mol. The van der Waals surface area contributed by atoms with Crippen molar-refractivity contribution in [1.29, 1.82) is 0 Å². The van der Waals surface area contributed by atoms with Crippen molar-refractivity contribution in [3.63, 3.8) is 0 Å². The maximum atomic E-state index is 12.4. The SMILES string of the molecule is Cc1[nH]ncc1-n1nc(C(F)(F)F)nc1C. The van der Waals surface area contributed by atoms with Gasteiger partial charge >= 0.3 is 6.18 Å². The number of H-pyrrole nitrogens is 1. The van der Waals surface area contributed by atoms with Gasteiger partial charge in [0.2, 0.25) is 0 Å². The Kier molecular flexibility index (Phi) is 2.21. The van der Waals surface area contributed by atoms with Gasteiger partial charge in [0.05, 0.1) is 11.9 Å². The number of nitrogens with zero attached hydrogens (tertiary/aromatic N) is 4. The normalized spacial score (nSPS) is 12.1. The van der Waals surface area contributed by atoms with Crippen LogP contribution in [0.25, 0.3) is 5.69 Å². The molecule has 0 amide bonds. The van der Waals surface area contributed by atoms with E-state index in [-0.39, 0.29) is 5.82 Å². The van der Waals surface area contributed by atoms with E-state index in [4.69, 9.17) is 0 Å². The Bertz CT molecular complexity index is 510. The van der Waals surface area contributed by atoms with Crippen molar-refractivity contribution in [1.82, 2.24) is 25.0 Å². The van der Waals surface area contributed by atoms with Gasteiger partial charge in [0, 0.05) is 0 Å². The molecule has 0 aliphatic heterocycles. The molecule has 8 heteroatoms. The monoisotopic (exact) mass is 231 g/mol. The van der Waals surface area contributed by atoms with Crippen LogP contribution in [0.1, 0.15) is 17.3 Å². The standard InChI is InChI=1S/C8H8F3N5/c1-4-6(3-12-14-4)16-5(2)13-7(15-16)8(9,10)11/h3H,1-2H3,(H,12,14). The highest BCUT2D eigenvalue weighted by Crippen LogP contribution is 2.27. The van der Waals surface area contributed by atoms with Crippen molar-refractivity contribution in [3.8, 4) is 5.69 Å². The van der Waals surface area contributed by atoms with Crippen molar-refractivity contribution in [2.45, 2.75) is 20.0 Å². The lowest BCUT2D eigenvalue weighted by atomic mass is 10.4. The molecule has 0 aromatic carbocycles. The molecule has 2 aromatic heterocycles. The molecule has 5 nitrogen and oxygen atoms in total. The summed E-state index contributed by atoms with van der Waals surface area (Å²) in [5.41, 5.74) is 1.09. The maximum absolute atomic E-state index is 12.4. The molecule has 0 unspecified atom stereocenters. The van der Waals surface area contributed by atoms with E-state index >= 15 is 0 Å². The Morgan fingerprint density at radius 1 is 1.31 bits per heavy atom. The third-order valence-electron chi connectivity index (χ3n) is 2.05. The van der Waals surface area contributed by atoms with Crippen LogP contribution >= 0.6 is 0 Å². The summed E-state index contributed by atoms with van der Waals surface area (Å²) >= 11 is 0. The van der Waals surface area contributed by atoms with Gasteiger partial charge in [0.15, 0.2) is 0 Å². The van der Waals surface area contributed by atoms with Crippen molar-refractivity contribution in [2.24, 2.45) is 0 Å². The third-order valence-corrected chi connectivity index (χ3v) is 2.05. The second-order valence-electron chi connectivity index (χ2n) is 3.27. The topological polar surface area (TPSA) is 59.4 Å². The number of aromatic nitrogens is 5. The first kappa shape index (κ1) is 10.7. The van der Waals surface area contributed by atoms with Gasteiger partial charge in [-0.15, -0.1) is 5.10 Å². The fraction of sp³-hybridized carbons (Fsp3) is 0.375. The van der Waals surface area contributed by atoms with Crippen LogP contribution in [0.2, 0.25) is 0 Å². The highest BCUT2D eigenvalue weighted by Gasteiger charge is 2.36. The maximum Gasteiger partial charge on any atom is 0.453 e. The second kappa shape index (κ2) is 3.32. The molecule has 0 bridgehead atoms. The number of alkyl halides is 3. The number of aryl methyl sites for hydroxylation is 2. The Balaban J connectivity index is 2.52. The van der Waals surface area contributed by atoms with Crippen molar-refractivity contribution >= 4 is 0 Å². The fourth-order valence-electron chi connectivity index (χ4n) is 1.30. The van der Waals surface area contributed by atoms with Crippen LogP contribution in [0.5, 0.6) is 0 Å². The number of aromatic amines is 1. The molecule has 16 heavy (non-hydrogen) atoms. The van der Waals surface area contributed by atoms with E-state index in [1.54, 1.807) is 6.92 Å². The average Bonchev–Trinajstić information content (AvgIpc) is 2.70. The summed E-state index contributed by atoms with van der Waals surface area (Å²) in [7, 11) is 0. The van der Waals surface area contributed by atoms with Gasteiger partial charge in [-0.1, -0.05) is 0 Å². The van der Waals surface area contributed by atoms with E-state index in [1.807, 2.05) is 0 Å². The lowest BCUT2D eigenvalue weighted by molar-refractivity contribution is -0.144. The molecule has 2 heterocycles. The first-order valence-corrected chi connectivity index (χ1v) is 4.41. The summed E-state index contributed by atoms with van der Waals surface area (Å²) in [4.78, 5) is 3.36. The number of hydrogen-bond donors (Lipinski definition) is 1. The van der Waals surface area contributed by atoms with Crippen LogP contribution < -0.4 is 0 Å². The quantitative estimate of drug-likeness (QED) is 0.811. The molecule has 1 N–H and O–H groups in total. The van der Waals surface area contributed by atoms with Gasteiger partial charge in [-0.2, -0.15) is 18.3 Å². The first-order valence-electron chi connectivity index (χ1n) is 4.41. The summed E-state index contributed by atoms with van der Waals surface area (Å²) in [6.07, 6.45) is -3.13. The Morgan fingerprint density at radius 3 is 2.44 bits per heavy atom. The van der Waals surface area contributed by atoms with Gasteiger partial charge in [-0.3, -0.25) is 5.10 Å². The zero-order valence-electron chi connectivity index (χ0n) is 8.50. The smallest absolute Gasteiger partial charge is 0.281 e. The van der Waals surface area contributed by atoms with E-state index in [0.717, 1.165) is 4.68 Å². The van der Waals surface area contributed by atoms with Crippen LogP contribution in [0.15, 0.2) is 6.20 Å². The zero-order valence-corrected chi connectivity index (χ0v) is 8.50. The lowest BCUT2D eigenvalue weighted by Crippen LogP contribution is -2.08. The Morgan fingerprint density at radius 2 is 2.00 bits per heavy atom. The lowest BCUT2D eigenvalue weighted by Gasteiger charge is -2.00. The summed E-state index contributed by atoms with van der Waals surface area (Å²) in [5, 5.41) is 9.74. The van der Waals surface area contributed by atoms with Crippen LogP contribution in [0, 0.1) is 13.8 Å². The summed E-state index contributed by atoms with van der Waals surface area (Å²) in [5.74, 6) is -0.984. The number of rotatable bonds is 1. The molecule has 0 saturated carbocycles. The average molecular weight is 231 g/mol. The molecule has 0 saturated heterocycles. The molecule has 2 aromatic rings. The summed E-state index contributed by atoms with van der Waals surface area (Å²) in [6.45, 7) is 3.14. The molecule has 0 radical (unpaired) electrons. The molecule has 2 rings (SSSR count). The van der Waals surface area contributed by atoms with Gasteiger partial charge in [0.25, 0.3) is 5.82 Å². The molecule has 0 aliphatic carbocycles. The van der Waals surface area contributed by atoms with Gasteiger partial charge < -0.3 is 0 Å². The largest absolute Gasteiger partial charge is 0.453 e. The highest BCUT2D eigenvalue weighted by atomic mass is 19.4. The molecule has 86 valence electrons. The van der Waals surface area contributed by atoms with Crippen molar-refractivity contribution in [2.75, 3.05) is 0 Å². The minimum atomic E-state index is -4.53. The van der Waals surface area contributed by atoms with E-state index in [9.17, 15) is 13.2 Å². The van der Waals surface area contributed by atoms with Crippen molar-refractivity contribution < 1.29 is 13.2 Å². The number of nitrogens with one attached hydrogen (secondary N) is 1. The van der Waals surface area contributed by atoms with Gasteiger partial charge in [-0.25, -0.2) is 9.67 Å². The molecule has 0 spiro atoms. The third kappa shape index (κ3) is 1.66. The molecular weight excluding hydrogens is 223 g/mol. The number of hydrogen-bond acceptors (Lipinski definition) is 3. The van der Waals surface area contributed by atoms with Gasteiger partial charge in [0.1, 0.15) is 11.5 Å². The highest BCUT2D eigenvalue weighted by molar-refractivity contribution is 5.32. The molecular formula is C8H8F3N5. The molecule has 0 fully saturated rings. The first-order chi connectivity index (χ1) is 7.39. The van der Waals surface area contributed by atoms with E-state index in [2.05, 4.69) is 20.3 Å². The zero-order chi connectivity index (χ0) is 11.9. The second-order valence-corrected chi connectivity index (χ2v) is 3.27. The van der Waals surface area contributed by atoms with Crippen LogP contribution in [0.4, 0.5) is 13.2 Å². The van der Waals surface area contributed by atoms with Crippen LogP contribution in [-0.4, -0.2) is 25.0 Å². The Labute approximate surface area is 88.3 Å². The molecule has 0 aliphatic rings. The minimum Gasteiger partial charge on any atom is -0.281 e. The van der Waals surface area contributed by atoms with Gasteiger partial charge in [-0.05, 0) is 13.8 Å². The fourth-order valence-corrected chi connectivity index (χ4v) is 1.30. The van der Waals surface area contributed by atoms with E-state index in [0.29, 0.717) is 11.4 Å². The van der Waals surface area contributed by atoms with E-state index < -0.39 is 12.0 Å². The number of halogens is 3. The van der Waals surface area contributed by atoms with Crippen LogP contribution in [-0.2, 0) is 6.18 Å². The summed E-state index contributed by atoms with van der Waals surface area (Å²) < 4.78 is 38.2. The van der Waals surface area contributed by atoms with E-state index in [1.165, 1.54) is 13.1 Å². The summed E-state index contributed by atoms with van der Waals surface area (Å²) in [6, 6.07) is 0. The van der Waals surface area contributed by atoms with Crippen molar-refractivity contribution in [3.05, 3.63) is 23.5 Å².